The summed E-state index contributed by atoms with van der Waals surface area (Å²) in [5.41, 5.74) is 0.511. The van der Waals surface area contributed by atoms with Crippen LogP contribution in [0.4, 0.5) is 5.69 Å². The summed E-state index contributed by atoms with van der Waals surface area (Å²) in [6.07, 6.45) is 2.49. The van der Waals surface area contributed by atoms with Gasteiger partial charge in [0.25, 0.3) is 0 Å². The molecule has 1 unspecified atom stereocenters. The number of hydrogen-bond acceptors (Lipinski definition) is 3. The van der Waals surface area contributed by atoms with Gasteiger partial charge in [-0.3, -0.25) is 4.72 Å². The van der Waals surface area contributed by atoms with Crippen LogP contribution in [-0.2, 0) is 10.2 Å². The van der Waals surface area contributed by atoms with Crippen LogP contribution < -0.4 is 4.72 Å². The normalized spacial score (nSPS) is 21.3. The maximum Gasteiger partial charge on any atom is 0.301 e. The molecule has 0 spiro atoms. The number of aliphatic hydroxyl groups excluding tert-OH is 1. The van der Waals surface area contributed by atoms with Crippen molar-refractivity contribution in [1.82, 2.24) is 4.31 Å². The van der Waals surface area contributed by atoms with Crippen LogP contribution in [0.25, 0.3) is 0 Å². The predicted octanol–water partition coefficient (Wildman–Crippen LogP) is 1.95. The lowest BCUT2D eigenvalue weighted by Crippen LogP contribution is -2.47. The molecule has 1 saturated heterocycles. The number of nitrogens with one attached hydrogen (secondary N) is 1. The molecule has 0 bridgehead atoms. The standard InChI is InChI=1S/C12H17BrN2O3S/c13-10-4-3-5-11(8-10)14-19(17,18)15-7-2-1-6-12(15)9-16/h3-5,8,12,14,16H,1-2,6-7,9H2. The van der Waals surface area contributed by atoms with E-state index in [1.54, 1.807) is 18.2 Å². The zero-order chi connectivity index (χ0) is 13.9. The van der Waals surface area contributed by atoms with Crippen molar-refractivity contribution in [3.05, 3.63) is 28.7 Å². The first-order valence-corrected chi connectivity index (χ1v) is 8.42. The molecule has 106 valence electrons. The molecule has 7 heteroatoms. The number of piperidine rings is 1. The van der Waals surface area contributed by atoms with Crippen LogP contribution in [0.5, 0.6) is 0 Å². The van der Waals surface area contributed by atoms with Gasteiger partial charge < -0.3 is 5.11 Å². The van der Waals surface area contributed by atoms with Crippen LogP contribution in [0.2, 0.25) is 0 Å². The number of halogens is 1. The molecule has 1 aliphatic heterocycles. The molecule has 0 amide bonds. The Morgan fingerprint density at radius 1 is 1.42 bits per heavy atom. The van der Waals surface area contributed by atoms with E-state index in [-0.39, 0.29) is 12.6 Å². The Balaban J connectivity index is 2.17. The van der Waals surface area contributed by atoms with Gasteiger partial charge in [0.05, 0.1) is 12.3 Å². The third kappa shape index (κ3) is 3.68. The zero-order valence-corrected chi connectivity index (χ0v) is 12.8. The highest BCUT2D eigenvalue weighted by Gasteiger charge is 2.31. The molecule has 2 N–H and O–H groups in total. The summed E-state index contributed by atoms with van der Waals surface area (Å²) in [5.74, 6) is 0. The maximum atomic E-state index is 12.3. The van der Waals surface area contributed by atoms with E-state index in [1.165, 1.54) is 4.31 Å². The van der Waals surface area contributed by atoms with Crippen molar-refractivity contribution in [3.8, 4) is 0 Å². The quantitative estimate of drug-likeness (QED) is 0.873. The molecule has 2 rings (SSSR count). The van der Waals surface area contributed by atoms with Crippen molar-refractivity contribution in [1.29, 1.82) is 0 Å². The van der Waals surface area contributed by atoms with Crippen LogP contribution in [0.1, 0.15) is 19.3 Å². The van der Waals surface area contributed by atoms with E-state index < -0.39 is 10.2 Å². The van der Waals surface area contributed by atoms with Crippen molar-refractivity contribution >= 4 is 31.8 Å². The second-order valence-corrected chi connectivity index (χ2v) is 7.10. The van der Waals surface area contributed by atoms with Gasteiger partial charge in [-0.05, 0) is 31.0 Å². The summed E-state index contributed by atoms with van der Waals surface area (Å²) in [5, 5.41) is 9.29. The topological polar surface area (TPSA) is 69.6 Å². The molecule has 19 heavy (non-hydrogen) atoms. The first kappa shape index (κ1) is 14.8. The van der Waals surface area contributed by atoms with Crippen molar-refractivity contribution in [2.24, 2.45) is 0 Å². The molecular formula is C12H17BrN2O3S. The number of hydrogen-bond donors (Lipinski definition) is 2. The smallest absolute Gasteiger partial charge is 0.301 e. The molecule has 1 heterocycles. The van der Waals surface area contributed by atoms with Gasteiger partial charge in [-0.2, -0.15) is 12.7 Å². The molecule has 1 atom stereocenters. The molecular weight excluding hydrogens is 332 g/mol. The molecule has 1 fully saturated rings. The third-order valence-electron chi connectivity index (χ3n) is 3.16. The molecule has 1 aromatic rings. The Labute approximate surface area is 121 Å². The highest BCUT2D eigenvalue weighted by Crippen LogP contribution is 2.23. The van der Waals surface area contributed by atoms with Gasteiger partial charge in [-0.25, -0.2) is 0 Å². The Morgan fingerprint density at radius 2 is 2.21 bits per heavy atom. The summed E-state index contributed by atoms with van der Waals surface area (Å²) in [4.78, 5) is 0. The summed E-state index contributed by atoms with van der Waals surface area (Å²) >= 11 is 3.30. The van der Waals surface area contributed by atoms with Gasteiger partial charge in [-0.1, -0.05) is 28.4 Å². The van der Waals surface area contributed by atoms with E-state index in [9.17, 15) is 13.5 Å². The molecule has 0 aromatic heterocycles. The number of nitrogens with zero attached hydrogens (tertiary/aromatic N) is 1. The van der Waals surface area contributed by atoms with Crippen LogP contribution in [0, 0.1) is 0 Å². The second kappa shape index (κ2) is 6.21. The van der Waals surface area contributed by atoms with Gasteiger partial charge >= 0.3 is 10.2 Å². The van der Waals surface area contributed by atoms with Crippen LogP contribution in [0.15, 0.2) is 28.7 Å². The Kier molecular flexibility index (Phi) is 4.83. The van der Waals surface area contributed by atoms with Crippen LogP contribution in [0.3, 0.4) is 0 Å². The van der Waals surface area contributed by atoms with Crippen molar-refractivity contribution < 1.29 is 13.5 Å². The fourth-order valence-corrected chi connectivity index (χ4v) is 4.11. The lowest BCUT2D eigenvalue weighted by molar-refractivity contribution is 0.156. The van der Waals surface area contributed by atoms with E-state index in [4.69, 9.17) is 0 Å². The summed E-state index contributed by atoms with van der Waals surface area (Å²) < 4.78 is 29.4. The lowest BCUT2D eigenvalue weighted by atomic mass is 10.1. The van der Waals surface area contributed by atoms with E-state index in [2.05, 4.69) is 20.7 Å². The number of aliphatic hydroxyl groups is 1. The second-order valence-electron chi connectivity index (χ2n) is 4.56. The maximum absolute atomic E-state index is 12.3. The third-order valence-corrected chi connectivity index (χ3v) is 5.25. The van der Waals surface area contributed by atoms with Gasteiger partial charge in [0.1, 0.15) is 0 Å². The average Bonchev–Trinajstić information content (AvgIpc) is 2.38. The van der Waals surface area contributed by atoms with Gasteiger partial charge in [-0.15, -0.1) is 0 Å². The highest BCUT2D eigenvalue weighted by molar-refractivity contribution is 9.10. The minimum Gasteiger partial charge on any atom is -0.395 e. The first-order valence-electron chi connectivity index (χ1n) is 6.19. The van der Waals surface area contributed by atoms with E-state index in [0.717, 1.165) is 17.3 Å². The predicted molar refractivity (Wildman–Crippen MR) is 78.1 cm³/mol. The fourth-order valence-electron chi connectivity index (χ4n) is 2.23. The molecule has 1 aliphatic rings. The SMILES string of the molecule is O=S(=O)(Nc1cccc(Br)c1)N1CCCCC1CO. The minimum atomic E-state index is -3.61. The lowest BCUT2D eigenvalue weighted by Gasteiger charge is -2.33. The molecule has 0 aliphatic carbocycles. The highest BCUT2D eigenvalue weighted by atomic mass is 79.9. The van der Waals surface area contributed by atoms with Crippen LogP contribution in [-0.4, -0.2) is 37.0 Å². The van der Waals surface area contributed by atoms with Gasteiger partial charge in [0, 0.05) is 17.1 Å². The van der Waals surface area contributed by atoms with Crippen molar-refractivity contribution in [3.63, 3.8) is 0 Å². The first-order chi connectivity index (χ1) is 9.03. The molecule has 5 nitrogen and oxygen atoms in total. The monoisotopic (exact) mass is 348 g/mol. The summed E-state index contributed by atoms with van der Waals surface area (Å²) in [7, 11) is -3.61. The zero-order valence-electron chi connectivity index (χ0n) is 10.4. The minimum absolute atomic E-state index is 0.139. The Hall–Kier alpha value is -0.630. The largest absolute Gasteiger partial charge is 0.395 e. The molecule has 1 aromatic carbocycles. The number of anilines is 1. The summed E-state index contributed by atoms with van der Waals surface area (Å²) in [6.45, 7) is 0.313. The van der Waals surface area contributed by atoms with E-state index in [1.807, 2.05) is 6.07 Å². The van der Waals surface area contributed by atoms with Crippen molar-refractivity contribution in [2.45, 2.75) is 25.3 Å². The van der Waals surface area contributed by atoms with Crippen LogP contribution >= 0.6 is 15.9 Å². The fraction of sp³-hybridized carbons (Fsp3) is 0.500. The number of rotatable bonds is 4. The Morgan fingerprint density at radius 3 is 2.89 bits per heavy atom. The van der Waals surface area contributed by atoms with Gasteiger partial charge in [0.15, 0.2) is 0 Å². The van der Waals surface area contributed by atoms with Crippen molar-refractivity contribution in [2.75, 3.05) is 17.9 Å². The Bertz CT molecular complexity index is 536. The summed E-state index contributed by atoms with van der Waals surface area (Å²) in [6, 6.07) is 6.67. The van der Waals surface area contributed by atoms with Gasteiger partial charge in [0.2, 0.25) is 0 Å². The van der Waals surface area contributed by atoms with E-state index >= 15 is 0 Å². The average molecular weight is 349 g/mol. The molecule has 0 saturated carbocycles. The number of benzene rings is 1. The van der Waals surface area contributed by atoms with E-state index in [0.29, 0.717) is 18.7 Å². The molecule has 0 radical (unpaired) electrons.